The van der Waals surface area contributed by atoms with Crippen LogP contribution < -0.4 is 5.32 Å². The molecule has 2 amide bonds. The van der Waals surface area contributed by atoms with Crippen molar-refractivity contribution in [3.8, 4) is 0 Å². The molecule has 2 saturated heterocycles. The van der Waals surface area contributed by atoms with Crippen molar-refractivity contribution in [1.82, 2.24) is 20.1 Å². The molecule has 3 fully saturated rings. The second-order valence-electron chi connectivity index (χ2n) is 8.42. The van der Waals surface area contributed by atoms with Gasteiger partial charge in [-0.1, -0.05) is 6.07 Å². The van der Waals surface area contributed by atoms with Crippen molar-refractivity contribution in [3.05, 3.63) is 30.1 Å². The van der Waals surface area contributed by atoms with E-state index in [1.165, 1.54) is 12.8 Å². The van der Waals surface area contributed by atoms with Crippen LogP contribution in [-0.4, -0.2) is 64.9 Å². The van der Waals surface area contributed by atoms with Crippen LogP contribution in [0.4, 0.5) is 0 Å². The molecule has 3 heterocycles. The Morgan fingerprint density at radius 3 is 2.59 bits per heavy atom. The van der Waals surface area contributed by atoms with Crippen LogP contribution >= 0.6 is 0 Å². The highest BCUT2D eigenvalue weighted by atomic mass is 16.2. The molecule has 0 aromatic carbocycles. The predicted molar refractivity (Wildman–Crippen MR) is 103 cm³/mol. The average molecular weight is 370 g/mol. The summed E-state index contributed by atoms with van der Waals surface area (Å²) < 4.78 is 0. The van der Waals surface area contributed by atoms with Gasteiger partial charge in [0, 0.05) is 69.4 Å². The van der Waals surface area contributed by atoms with Crippen LogP contribution in [0.5, 0.6) is 0 Å². The van der Waals surface area contributed by atoms with Gasteiger partial charge in [0.25, 0.3) is 0 Å². The van der Waals surface area contributed by atoms with Crippen LogP contribution in [0.15, 0.2) is 24.4 Å². The summed E-state index contributed by atoms with van der Waals surface area (Å²) in [5.41, 5.74) is 1.09. The third kappa shape index (κ3) is 4.49. The van der Waals surface area contributed by atoms with Crippen LogP contribution in [0.2, 0.25) is 0 Å². The van der Waals surface area contributed by atoms with Gasteiger partial charge in [0.2, 0.25) is 11.8 Å². The standard InChI is InChI=1S/C21H30N4O2/c1-15(26)23-11-19-8-7-18(25(19)12-16-5-6-16)10-21(27)24-13-17(14-24)20-4-2-3-9-22-20/h2-4,9,16-19H,5-8,10-14H2,1H3,(H,23,26)/t18-,19+/m0/s1. The summed E-state index contributed by atoms with van der Waals surface area (Å²) in [6.45, 7) is 4.95. The summed E-state index contributed by atoms with van der Waals surface area (Å²) in [7, 11) is 0. The van der Waals surface area contributed by atoms with Crippen LogP contribution in [0, 0.1) is 5.92 Å². The molecule has 0 unspecified atom stereocenters. The number of likely N-dealkylation sites (tertiary alicyclic amines) is 2. The van der Waals surface area contributed by atoms with Gasteiger partial charge in [-0.25, -0.2) is 0 Å². The first-order chi connectivity index (χ1) is 13.1. The highest BCUT2D eigenvalue weighted by molar-refractivity contribution is 5.78. The lowest BCUT2D eigenvalue weighted by atomic mass is 9.94. The molecular formula is C21H30N4O2. The Hall–Kier alpha value is -1.95. The normalized spacial score (nSPS) is 26.0. The lowest BCUT2D eigenvalue weighted by molar-refractivity contribution is -0.137. The van der Waals surface area contributed by atoms with E-state index in [4.69, 9.17) is 0 Å². The van der Waals surface area contributed by atoms with E-state index in [0.717, 1.165) is 44.1 Å². The molecule has 146 valence electrons. The van der Waals surface area contributed by atoms with E-state index in [-0.39, 0.29) is 11.8 Å². The van der Waals surface area contributed by atoms with Crippen LogP contribution in [0.3, 0.4) is 0 Å². The maximum absolute atomic E-state index is 12.8. The number of pyridine rings is 1. The van der Waals surface area contributed by atoms with Crippen molar-refractivity contribution in [1.29, 1.82) is 0 Å². The van der Waals surface area contributed by atoms with E-state index in [1.54, 1.807) is 6.92 Å². The molecule has 3 aliphatic rings. The number of rotatable bonds is 7. The van der Waals surface area contributed by atoms with Crippen LogP contribution in [-0.2, 0) is 9.59 Å². The van der Waals surface area contributed by atoms with Gasteiger partial charge in [-0.05, 0) is 43.7 Å². The Morgan fingerprint density at radius 2 is 1.93 bits per heavy atom. The number of aromatic nitrogens is 1. The first kappa shape index (κ1) is 18.4. The number of carbonyl (C=O) groups excluding carboxylic acids is 2. The number of carbonyl (C=O) groups is 2. The molecule has 27 heavy (non-hydrogen) atoms. The zero-order chi connectivity index (χ0) is 18.8. The number of nitrogens with zero attached hydrogens (tertiary/aromatic N) is 3. The van der Waals surface area contributed by atoms with Gasteiger partial charge in [0.05, 0.1) is 0 Å². The van der Waals surface area contributed by atoms with E-state index in [1.807, 2.05) is 29.3 Å². The van der Waals surface area contributed by atoms with Gasteiger partial charge in [-0.3, -0.25) is 19.5 Å². The SMILES string of the molecule is CC(=O)NC[C@H]1CC[C@@H](CC(=O)N2CC(c3ccccn3)C2)N1CC1CC1. The first-order valence-corrected chi connectivity index (χ1v) is 10.3. The van der Waals surface area contributed by atoms with E-state index >= 15 is 0 Å². The first-order valence-electron chi connectivity index (χ1n) is 10.3. The molecule has 0 spiro atoms. The van der Waals surface area contributed by atoms with Gasteiger partial charge >= 0.3 is 0 Å². The third-order valence-electron chi connectivity index (χ3n) is 6.27. The number of nitrogens with one attached hydrogen (secondary N) is 1. The maximum atomic E-state index is 12.8. The van der Waals surface area contributed by atoms with E-state index in [2.05, 4.69) is 15.2 Å². The van der Waals surface area contributed by atoms with E-state index in [0.29, 0.717) is 31.0 Å². The fourth-order valence-electron chi connectivity index (χ4n) is 4.43. The Kier molecular flexibility index (Phi) is 5.43. The summed E-state index contributed by atoms with van der Waals surface area (Å²) in [6.07, 6.45) is 7.17. The van der Waals surface area contributed by atoms with E-state index in [9.17, 15) is 9.59 Å². The van der Waals surface area contributed by atoms with Crippen molar-refractivity contribution in [3.63, 3.8) is 0 Å². The summed E-state index contributed by atoms with van der Waals surface area (Å²) in [5.74, 6) is 1.47. The van der Waals surface area contributed by atoms with Gasteiger partial charge in [0.1, 0.15) is 0 Å². The maximum Gasteiger partial charge on any atom is 0.224 e. The minimum absolute atomic E-state index is 0.0297. The molecular weight excluding hydrogens is 340 g/mol. The predicted octanol–water partition coefficient (Wildman–Crippen LogP) is 1.78. The summed E-state index contributed by atoms with van der Waals surface area (Å²) in [6, 6.07) is 6.69. The third-order valence-corrected chi connectivity index (χ3v) is 6.27. The zero-order valence-corrected chi connectivity index (χ0v) is 16.1. The molecule has 1 aromatic rings. The summed E-state index contributed by atoms with van der Waals surface area (Å²) in [4.78, 5) is 33.0. The Labute approximate surface area is 161 Å². The highest BCUT2D eigenvalue weighted by Crippen LogP contribution is 2.36. The minimum atomic E-state index is 0.0297. The molecule has 6 nitrogen and oxygen atoms in total. The van der Waals surface area contributed by atoms with Crippen molar-refractivity contribution < 1.29 is 9.59 Å². The fourth-order valence-corrected chi connectivity index (χ4v) is 4.43. The molecule has 4 rings (SSSR count). The molecule has 6 heteroatoms. The Morgan fingerprint density at radius 1 is 1.15 bits per heavy atom. The molecule has 1 N–H and O–H groups in total. The summed E-state index contributed by atoms with van der Waals surface area (Å²) in [5, 5.41) is 2.97. The fraction of sp³-hybridized carbons (Fsp3) is 0.667. The van der Waals surface area contributed by atoms with E-state index < -0.39 is 0 Å². The minimum Gasteiger partial charge on any atom is -0.355 e. The second-order valence-corrected chi connectivity index (χ2v) is 8.42. The lowest BCUT2D eigenvalue weighted by Crippen LogP contribution is -2.51. The molecule has 1 aromatic heterocycles. The van der Waals surface area contributed by atoms with Gasteiger partial charge < -0.3 is 10.2 Å². The number of hydrogen-bond donors (Lipinski definition) is 1. The second kappa shape index (κ2) is 7.97. The molecule has 0 radical (unpaired) electrons. The zero-order valence-electron chi connectivity index (χ0n) is 16.1. The smallest absolute Gasteiger partial charge is 0.224 e. The Bertz CT molecular complexity index is 670. The molecule has 2 atom stereocenters. The van der Waals surface area contributed by atoms with Crippen molar-refractivity contribution in [2.45, 2.75) is 57.0 Å². The van der Waals surface area contributed by atoms with Gasteiger partial charge in [0.15, 0.2) is 0 Å². The van der Waals surface area contributed by atoms with Crippen LogP contribution in [0.25, 0.3) is 0 Å². The highest BCUT2D eigenvalue weighted by Gasteiger charge is 2.40. The molecule has 1 saturated carbocycles. The largest absolute Gasteiger partial charge is 0.355 e. The molecule has 0 bridgehead atoms. The lowest BCUT2D eigenvalue weighted by Gasteiger charge is -2.40. The van der Waals surface area contributed by atoms with Gasteiger partial charge in [-0.2, -0.15) is 0 Å². The molecule has 1 aliphatic carbocycles. The van der Waals surface area contributed by atoms with Gasteiger partial charge in [-0.15, -0.1) is 0 Å². The van der Waals surface area contributed by atoms with Crippen molar-refractivity contribution in [2.75, 3.05) is 26.2 Å². The van der Waals surface area contributed by atoms with Crippen molar-refractivity contribution >= 4 is 11.8 Å². The summed E-state index contributed by atoms with van der Waals surface area (Å²) >= 11 is 0. The topological polar surface area (TPSA) is 65.5 Å². The van der Waals surface area contributed by atoms with Crippen molar-refractivity contribution in [2.24, 2.45) is 5.92 Å². The van der Waals surface area contributed by atoms with Crippen LogP contribution in [0.1, 0.15) is 50.6 Å². The number of hydrogen-bond acceptors (Lipinski definition) is 4. The Balaban J connectivity index is 1.29. The monoisotopic (exact) mass is 370 g/mol. The average Bonchev–Trinajstić information content (AvgIpc) is 3.35. The molecule has 2 aliphatic heterocycles. The quantitative estimate of drug-likeness (QED) is 0.795. The number of amides is 2.